The summed E-state index contributed by atoms with van der Waals surface area (Å²) in [6.07, 6.45) is 5.09. The average molecular weight is 384 g/mol. The first-order chi connectivity index (χ1) is 13.6. The van der Waals surface area contributed by atoms with Crippen LogP contribution in [0.5, 0.6) is 5.75 Å². The van der Waals surface area contributed by atoms with Gasteiger partial charge in [0.15, 0.2) is 5.69 Å². The number of nitrogens with one attached hydrogen (secondary N) is 1. The number of aryl methyl sites for hydroxylation is 1. The number of esters is 1. The molecular weight excluding hydrogens is 356 g/mol. The van der Waals surface area contributed by atoms with E-state index in [1.807, 2.05) is 6.92 Å². The Morgan fingerprint density at radius 2 is 2.04 bits per heavy atom. The Balaban J connectivity index is 1.49. The van der Waals surface area contributed by atoms with Crippen LogP contribution in [0.1, 0.15) is 41.4 Å². The van der Waals surface area contributed by atoms with Crippen LogP contribution in [0.25, 0.3) is 0 Å². The summed E-state index contributed by atoms with van der Waals surface area (Å²) in [6.45, 7) is 7.74. The van der Waals surface area contributed by atoms with Gasteiger partial charge in [-0.2, -0.15) is 0 Å². The van der Waals surface area contributed by atoms with Crippen LogP contribution in [0.4, 0.5) is 5.82 Å². The summed E-state index contributed by atoms with van der Waals surface area (Å²) in [5.74, 6) is 1.19. The standard InChI is InChI=1S/C21H28N4O3/c1-4-28-19-11-16(6-5-15(19)2)14-25-9-7-17(8-10-25)24-20-13-22-18(12-23-20)21(26)27-3/h5-6,11-13,17H,4,7-10,14H2,1-3H3,(H,23,24). The molecule has 2 heterocycles. The van der Waals surface area contributed by atoms with Gasteiger partial charge < -0.3 is 14.8 Å². The lowest BCUT2D eigenvalue weighted by molar-refractivity contribution is 0.0593. The molecule has 1 aliphatic heterocycles. The first kappa shape index (κ1) is 20.1. The highest BCUT2D eigenvalue weighted by Gasteiger charge is 2.20. The van der Waals surface area contributed by atoms with Crippen LogP contribution in [0.3, 0.4) is 0 Å². The third-order valence-electron chi connectivity index (χ3n) is 4.94. The number of nitrogens with zero attached hydrogens (tertiary/aromatic N) is 3. The molecule has 1 N–H and O–H groups in total. The van der Waals surface area contributed by atoms with E-state index in [0.717, 1.165) is 38.2 Å². The van der Waals surface area contributed by atoms with Crippen molar-refractivity contribution in [3.05, 3.63) is 47.4 Å². The Morgan fingerprint density at radius 3 is 2.68 bits per heavy atom. The first-order valence-electron chi connectivity index (χ1n) is 9.70. The van der Waals surface area contributed by atoms with Crippen LogP contribution in [-0.2, 0) is 11.3 Å². The number of benzene rings is 1. The zero-order valence-corrected chi connectivity index (χ0v) is 16.8. The molecule has 1 aromatic heterocycles. The number of piperidine rings is 1. The van der Waals surface area contributed by atoms with Crippen molar-refractivity contribution in [2.24, 2.45) is 0 Å². The molecule has 1 saturated heterocycles. The number of aromatic nitrogens is 2. The van der Waals surface area contributed by atoms with Crippen molar-refractivity contribution < 1.29 is 14.3 Å². The Hall–Kier alpha value is -2.67. The van der Waals surface area contributed by atoms with Gasteiger partial charge in [-0.3, -0.25) is 4.90 Å². The van der Waals surface area contributed by atoms with E-state index in [2.05, 4.69) is 50.0 Å². The molecule has 0 radical (unpaired) electrons. The zero-order chi connectivity index (χ0) is 19.9. The molecule has 0 bridgehead atoms. The molecule has 3 rings (SSSR count). The maximum absolute atomic E-state index is 11.4. The molecule has 7 heteroatoms. The summed E-state index contributed by atoms with van der Waals surface area (Å²) in [5, 5.41) is 3.41. The van der Waals surface area contributed by atoms with Crippen molar-refractivity contribution in [2.75, 3.05) is 32.1 Å². The van der Waals surface area contributed by atoms with E-state index in [1.165, 1.54) is 24.4 Å². The summed E-state index contributed by atoms with van der Waals surface area (Å²) >= 11 is 0. The molecule has 28 heavy (non-hydrogen) atoms. The highest BCUT2D eigenvalue weighted by atomic mass is 16.5. The Kier molecular flexibility index (Phi) is 6.81. The number of methoxy groups -OCH3 is 1. The monoisotopic (exact) mass is 384 g/mol. The minimum atomic E-state index is -0.476. The van der Waals surface area contributed by atoms with Crippen molar-refractivity contribution in [3.63, 3.8) is 0 Å². The first-order valence-corrected chi connectivity index (χ1v) is 9.70. The van der Waals surface area contributed by atoms with Crippen molar-refractivity contribution >= 4 is 11.8 Å². The van der Waals surface area contributed by atoms with Gasteiger partial charge in [-0.05, 0) is 43.9 Å². The van der Waals surface area contributed by atoms with Gasteiger partial charge in [-0.15, -0.1) is 0 Å². The highest BCUT2D eigenvalue weighted by molar-refractivity contribution is 5.86. The smallest absolute Gasteiger partial charge is 0.358 e. The minimum absolute atomic E-state index is 0.215. The molecule has 7 nitrogen and oxygen atoms in total. The van der Waals surface area contributed by atoms with Crippen LogP contribution in [0, 0.1) is 6.92 Å². The Labute approximate surface area is 166 Å². The van der Waals surface area contributed by atoms with E-state index in [1.54, 1.807) is 6.20 Å². The van der Waals surface area contributed by atoms with Gasteiger partial charge in [0.25, 0.3) is 0 Å². The van der Waals surface area contributed by atoms with E-state index in [0.29, 0.717) is 18.5 Å². The van der Waals surface area contributed by atoms with Gasteiger partial charge in [-0.25, -0.2) is 14.8 Å². The van der Waals surface area contributed by atoms with Crippen molar-refractivity contribution in [1.82, 2.24) is 14.9 Å². The van der Waals surface area contributed by atoms with Crippen molar-refractivity contribution in [2.45, 2.75) is 39.3 Å². The van der Waals surface area contributed by atoms with Crippen molar-refractivity contribution in [1.29, 1.82) is 0 Å². The zero-order valence-electron chi connectivity index (χ0n) is 16.8. The number of carbonyl (C=O) groups is 1. The largest absolute Gasteiger partial charge is 0.494 e. The Bertz CT molecular complexity index is 787. The number of hydrogen-bond acceptors (Lipinski definition) is 7. The topological polar surface area (TPSA) is 76.6 Å². The molecule has 0 spiro atoms. The lowest BCUT2D eigenvalue weighted by Crippen LogP contribution is -2.38. The maximum Gasteiger partial charge on any atom is 0.358 e. The van der Waals surface area contributed by atoms with E-state index in [4.69, 9.17) is 4.74 Å². The molecule has 1 aliphatic rings. The van der Waals surface area contributed by atoms with E-state index >= 15 is 0 Å². The maximum atomic E-state index is 11.4. The summed E-state index contributed by atoms with van der Waals surface area (Å²) in [4.78, 5) is 22.2. The van der Waals surface area contributed by atoms with Crippen LogP contribution in [-0.4, -0.2) is 53.7 Å². The lowest BCUT2D eigenvalue weighted by atomic mass is 10.0. The predicted molar refractivity (Wildman–Crippen MR) is 108 cm³/mol. The quantitative estimate of drug-likeness (QED) is 0.735. The van der Waals surface area contributed by atoms with E-state index in [9.17, 15) is 4.79 Å². The van der Waals surface area contributed by atoms with Crippen LogP contribution < -0.4 is 10.1 Å². The van der Waals surface area contributed by atoms with Gasteiger partial charge in [0.2, 0.25) is 0 Å². The number of anilines is 1. The fourth-order valence-corrected chi connectivity index (χ4v) is 3.37. The van der Waals surface area contributed by atoms with Crippen LogP contribution in [0.15, 0.2) is 30.6 Å². The van der Waals surface area contributed by atoms with E-state index < -0.39 is 5.97 Å². The number of likely N-dealkylation sites (tertiary alicyclic amines) is 1. The molecule has 1 fully saturated rings. The van der Waals surface area contributed by atoms with Gasteiger partial charge in [0.05, 0.1) is 26.1 Å². The second kappa shape index (κ2) is 9.50. The molecule has 0 atom stereocenters. The number of rotatable bonds is 7. The number of carbonyl (C=O) groups excluding carboxylic acids is 1. The predicted octanol–water partition coefficient (Wildman–Crippen LogP) is 3.05. The molecule has 2 aromatic rings. The third-order valence-corrected chi connectivity index (χ3v) is 4.94. The fraction of sp³-hybridized carbons (Fsp3) is 0.476. The number of ether oxygens (including phenoxy) is 2. The van der Waals surface area contributed by atoms with Crippen LogP contribution in [0.2, 0.25) is 0 Å². The normalized spacial score (nSPS) is 15.2. The number of hydrogen-bond donors (Lipinski definition) is 1. The average Bonchev–Trinajstić information content (AvgIpc) is 2.72. The molecule has 0 unspecified atom stereocenters. The molecule has 0 amide bonds. The summed E-state index contributed by atoms with van der Waals surface area (Å²) in [6, 6.07) is 6.82. The van der Waals surface area contributed by atoms with Crippen molar-refractivity contribution in [3.8, 4) is 5.75 Å². The molecule has 150 valence electrons. The Morgan fingerprint density at radius 1 is 1.25 bits per heavy atom. The summed E-state index contributed by atoms with van der Waals surface area (Å²) in [7, 11) is 1.33. The fourth-order valence-electron chi connectivity index (χ4n) is 3.37. The van der Waals surface area contributed by atoms with Gasteiger partial charge in [0.1, 0.15) is 11.6 Å². The third kappa shape index (κ3) is 5.19. The summed E-state index contributed by atoms with van der Waals surface area (Å²) in [5.41, 5.74) is 2.67. The molecule has 1 aromatic carbocycles. The van der Waals surface area contributed by atoms with E-state index in [-0.39, 0.29) is 5.69 Å². The summed E-state index contributed by atoms with van der Waals surface area (Å²) < 4.78 is 10.3. The highest BCUT2D eigenvalue weighted by Crippen LogP contribution is 2.22. The SMILES string of the molecule is CCOc1cc(CN2CCC(Nc3cnc(C(=O)OC)cn3)CC2)ccc1C. The molecular formula is C21H28N4O3. The van der Waals surface area contributed by atoms with Gasteiger partial charge in [-0.1, -0.05) is 12.1 Å². The van der Waals surface area contributed by atoms with Crippen LogP contribution >= 0.6 is 0 Å². The second-order valence-corrected chi connectivity index (χ2v) is 7.01. The van der Waals surface area contributed by atoms with Gasteiger partial charge in [0, 0.05) is 25.7 Å². The second-order valence-electron chi connectivity index (χ2n) is 7.01. The van der Waals surface area contributed by atoms with Gasteiger partial charge >= 0.3 is 5.97 Å². The molecule has 0 aliphatic carbocycles. The molecule has 0 saturated carbocycles. The lowest BCUT2D eigenvalue weighted by Gasteiger charge is -2.32. The minimum Gasteiger partial charge on any atom is -0.494 e.